The van der Waals surface area contributed by atoms with E-state index < -0.39 is 10.0 Å². The lowest BCUT2D eigenvalue weighted by Gasteiger charge is -2.32. The highest BCUT2D eigenvalue weighted by molar-refractivity contribution is 7.89. The first-order valence-electron chi connectivity index (χ1n) is 8.94. The van der Waals surface area contributed by atoms with Crippen molar-refractivity contribution in [2.24, 2.45) is 0 Å². The average molecular weight is 389 g/mol. The van der Waals surface area contributed by atoms with Gasteiger partial charge < -0.3 is 9.64 Å². The number of likely N-dealkylation sites (tertiary alicyclic amines) is 1. The normalized spacial score (nSPS) is 15.5. The van der Waals surface area contributed by atoms with Crippen molar-refractivity contribution in [3.8, 4) is 5.75 Å². The number of carbonyl (C=O) groups excluding carboxylic acids is 1. The number of carbonyl (C=O) groups is 1. The van der Waals surface area contributed by atoms with Crippen LogP contribution in [0.1, 0.15) is 30.1 Å². The molecule has 0 atom stereocenters. The van der Waals surface area contributed by atoms with Crippen LogP contribution < -0.4 is 9.46 Å². The molecule has 0 aliphatic carbocycles. The van der Waals surface area contributed by atoms with Gasteiger partial charge in [0.25, 0.3) is 5.91 Å². The number of amides is 1. The summed E-state index contributed by atoms with van der Waals surface area (Å²) in [6.07, 6.45) is 4.33. The van der Waals surface area contributed by atoms with Gasteiger partial charge in [0.05, 0.1) is 11.5 Å². The van der Waals surface area contributed by atoms with E-state index in [-0.39, 0.29) is 16.8 Å². The van der Waals surface area contributed by atoms with E-state index in [2.05, 4.69) is 9.71 Å². The van der Waals surface area contributed by atoms with Crippen molar-refractivity contribution in [2.75, 3.05) is 19.7 Å². The highest BCUT2D eigenvalue weighted by Gasteiger charge is 2.27. The zero-order valence-corrected chi connectivity index (χ0v) is 16.0. The lowest BCUT2D eigenvalue weighted by atomic mass is 10.1. The third-order valence-corrected chi connectivity index (χ3v) is 6.01. The molecule has 3 rings (SSSR count). The molecule has 27 heavy (non-hydrogen) atoms. The number of sulfonamides is 1. The van der Waals surface area contributed by atoms with Crippen molar-refractivity contribution in [1.29, 1.82) is 0 Å². The Bertz CT molecular complexity index is 862. The van der Waals surface area contributed by atoms with Crippen LogP contribution >= 0.6 is 0 Å². The van der Waals surface area contributed by atoms with Crippen molar-refractivity contribution in [2.45, 2.75) is 30.7 Å². The van der Waals surface area contributed by atoms with Gasteiger partial charge in [0.1, 0.15) is 5.75 Å². The van der Waals surface area contributed by atoms with Gasteiger partial charge in [0.15, 0.2) is 0 Å². The fourth-order valence-corrected chi connectivity index (χ4v) is 4.35. The van der Waals surface area contributed by atoms with Gasteiger partial charge in [-0.2, -0.15) is 0 Å². The van der Waals surface area contributed by atoms with Crippen LogP contribution in [0.4, 0.5) is 0 Å². The minimum absolute atomic E-state index is 0.0507. The number of piperidine rings is 1. The molecule has 0 radical (unpaired) electrons. The third kappa shape index (κ3) is 4.84. The van der Waals surface area contributed by atoms with Crippen molar-refractivity contribution >= 4 is 15.9 Å². The summed E-state index contributed by atoms with van der Waals surface area (Å²) in [5.41, 5.74) is 0.596. The Balaban J connectivity index is 1.57. The molecule has 1 aromatic carbocycles. The Morgan fingerprint density at radius 1 is 1.15 bits per heavy atom. The van der Waals surface area contributed by atoms with Crippen LogP contribution in [0.5, 0.6) is 5.75 Å². The SMILES string of the molecule is CCOc1ccc(S(=O)(=O)NC2CCN(C(=O)c3ccncc3)CC2)cc1. The van der Waals surface area contributed by atoms with Crippen molar-refractivity contribution in [1.82, 2.24) is 14.6 Å². The average Bonchev–Trinajstić information content (AvgIpc) is 2.69. The number of pyridine rings is 1. The molecule has 7 nitrogen and oxygen atoms in total. The van der Waals surface area contributed by atoms with Crippen molar-refractivity contribution < 1.29 is 17.9 Å². The van der Waals surface area contributed by atoms with Crippen LogP contribution in [0.2, 0.25) is 0 Å². The van der Waals surface area contributed by atoms with Gasteiger partial charge in [-0.15, -0.1) is 0 Å². The highest BCUT2D eigenvalue weighted by Crippen LogP contribution is 2.19. The van der Waals surface area contributed by atoms with Gasteiger partial charge in [0.2, 0.25) is 10.0 Å². The van der Waals surface area contributed by atoms with Crippen LogP contribution in [0.25, 0.3) is 0 Å². The Morgan fingerprint density at radius 3 is 2.37 bits per heavy atom. The van der Waals surface area contributed by atoms with E-state index in [0.717, 1.165) is 0 Å². The lowest BCUT2D eigenvalue weighted by Crippen LogP contribution is -2.46. The summed E-state index contributed by atoms with van der Waals surface area (Å²) in [6.45, 7) is 3.42. The van der Waals surface area contributed by atoms with E-state index >= 15 is 0 Å². The van der Waals surface area contributed by atoms with Gasteiger partial charge >= 0.3 is 0 Å². The van der Waals surface area contributed by atoms with Crippen molar-refractivity contribution in [3.05, 3.63) is 54.4 Å². The monoisotopic (exact) mass is 389 g/mol. The van der Waals surface area contributed by atoms with Crippen LogP contribution in [-0.4, -0.2) is 49.9 Å². The molecule has 1 saturated heterocycles. The number of benzene rings is 1. The molecule has 0 bridgehead atoms. The standard InChI is InChI=1S/C19H23N3O4S/c1-2-26-17-3-5-18(6-4-17)27(24,25)21-16-9-13-22(14-10-16)19(23)15-7-11-20-12-8-15/h3-8,11-12,16,21H,2,9-10,13-14H2,1H3. The zero-order valence-electron chi connectivity index (χ0n) is 15.2. The second-order valence-corrected chi connectivity index (χ2v) is 8.04. The first-order chi connectivity index (χ1) is 13.0. The molecule has 1 aliphatic heterocycles. The minimum atomic E-state index is -3.60. The zero-order chi connectivity index (χ0) is 19.3. The fraction of sp³-hybridized carbons (Fsp3) is 0.368. The summed E-state index contributed by atoms with van der Waals surface area (Å²) in [5.74, 6) is 0.588. The van der Waals surface area contributed by atoms with E-state index in [0.29, 0.717) is 43.9 Å². The molecule has 2 heterocycles. The van der Waals surface area contributed by atoms with Crippen LogP contribution in [0, 0.1) is 0 Å². The summed E-state index contributed by atoms with van der Waals surface area (Å²) in [5, 5.41) is 0. The predicted octanol–water partition coefficient (Wildman–Crippen LogP) is 2.06. The summed E-state index contributed by atoms with van der Waals surface area (Å²) in [4.78, 5) is 18.3. The minimum Gasteiger partial charge on any atom is -0.494 e. The Hall–Kier alpha value is -2.45. The number of hydrogen-bond acceptors (Lipinski definition) is 5. The lowest BCUT2D eigenvalue weighted by molar-refractivity contribution is 0.0711. The predicted molar refractivity (Wildman–Crippen MR) is 101 cm³/mol. The maximum Gasteiger partial charge on any atom is 0.253 e. The molecule has 1 aliphatic rings. The maximum atomic E-state index is 12.6. The molecular formula is C19H23N3O4S. The van der Waals surface area contributed by atoms with E-state index in [1.165, 1.54) is 12.1 Å². The molecular weight excluding hydrogens is 366 g/mol. The Kier molecular flexibility index (Phi) is 6.08. The molecule has 1 N–H and O–H groups in total. The highest BCUT2D eigenvalue weighted by atomic mass is 32.2. The number of nitrogens with zero attached hydrogens (tertiary/aromatic N) is 2. The molecule has 144 valence electrons. The van der Waals surface area contributed by atoms with Gasteiger partial charge in [-0.05, 0) is 56.2 Å². The number of nitrogens with one attached hydrogen (secondary N) is 1. The second-order valence-electron chi connectivity index (χ2n) is 6.33. The van der Waals surface area contributed by atoms with E-state index in [9.17, 15) is 13.2 Å². The van der Waals surface area contributed by atoms with Crippen molar-refractivity contribution in [3.63, 3.8) is 0 Å². The van der Waals surface area contributed by atoms with Gasteiger partial charge in [-0.25, -0.2) is 13.1 Å². The molecule has 0 saturated carbocycles. The summed E-state index contributed by atoms with van der Waals surface area (Å²) >= 11 is 0. The smallest absolute Gasteiger partial charge is 0.253 e. The first kappa shape index (κ1) is 19.3. The van der Waals surface area contributed by atoms with Gasteiger partial charge in [-0.1, -0.05) is 0 Å². The second kappa shape index (κ2) is 8.49. The van der Waals surface area contributed by atoms with E-state index in [1.807, 2.05) is 6.92 Å². The maximum absolute atomic E-state index is 12.6. The molecule has 0 unspecified atom stereocenters. The number of rotatable bonds is 6. The molecule has 0 spiro atoms. The van der Waals surface area contributed by atoms with E-state index in [4.69, 9.17) is 4.74 Å². The molecule has 1 amide bonds. The quantitative estimate of drug-likeness (QED) is 0.817. The Morgan fingerprint density at radius 2 is 1.78 bits per heavy atom. The first-order valence-corrected chi connectivity index (χ1v) is 10.4. The number of aromatic nitrogens is 1. The van der Waals surface area contributed by atoms with Gasteiger partial charge in [0, 0.05) is 37.1 Å². The topological polar surface area (TPSA) is 88.6 Å². The summed E-state index contributed by atoms with van der Waals surface area (Å²) in [7, 11) is -3.60. The molecule has 1 aromatic heterocycles. The molecule has 8 heteroatoms. The third-order valence-electron chi connectivity index (χ3n) is 4.48. The summed E-state index contributed by atoms with van der Waals surface area (Å²) in [6, 6.07) is 9.54. The fourth-order valence-electron chi connectivity index (χ4n) is 3.05. The number of hydrogen-bond donors (Lipinski definition) is 1. The molecule has 2 aromatic rings. The molecule has 1 fully saturated rings. The van der Waals surface area contributed by atoms with Gasteiger partial charge in [-0.3, -0.25) is 9.78 Å². The van der Waals surface area contributed by atoms with E-state index in [1.54, 1.807) is 41.6 Å². The van der Waals surface area contributed by atoms with Crippen LogP contribution in [0.3, 0.4) is 0 Å². The number of ether oxygens (including phenoxy) is 1. The van der Waals surface area contributed by atoms with Crippen LogP contribution in [-0.2, 0) is 10.0 Å². The Labute approximate surface area is 159 Å². The summed E-state index contributed by atoms with van der Waals surface area (Å²) < 4.78 is 33.2. The van der Waals surface area contributed by atoms with Crippen LogP contribution in [0.15, 0.2) is 53.7 Å². The largest absolute Gasteiger partial charge is 0.494 e.